The van der Waals surface area contributed by atoms with Crippen LogP contribution in [0.2, 0.25) is 0 Å². The van der Waals surface area contributed by atoms with Gasteiger partial charge in [-0.1, -0.05) is 90.9 Å². The van der Waals surface area contributed by atoms with E-state index in [1.807, 2.05) is 0 Å². The highest BCUT2D eigenvalue weighted by Crippen LogP contribution is 2.20. The molecule has 0 aromatic rings. The summed E-state index contributed by atoms with van der Waals surface area (Å²) in [6.07, 6.45) is 13.6. The van der Waals surface area contributed by atoms with Gasteiger partial charge in [-0.3, -0.25) is 4.79 Å². The monoisotopic (exact) mass is 486 g/mol. The van der Waals surface area contributed by atoms with Crippen LogP contribution in [0, 0.1) is 5.92 Å². The quantitative estimate of drug-likeness (QED) is 0.147. The number of esters is 2. The molecular formula is C27H50O7. The van der Waals surface area contributed by atoms with E-state index in [-0.39, 0.29) is 12.8 Å². The van der Waals surface area contributed by atoms with Gasteiger partial charge in [-0.05, 0) is 33.1 Å². The smallest absolute Gasteiger partial charge is 0.348 e. The van der Waals surface area contributed by atoms with Gasteiger partial charge in [-0.2, -0.15) is 0 Å². The summed E-state index contributed by atoms with van der Waals surface area (Å²) in [7, 11) is 0. The Bertz CT molecular complexity index is 573. The van der Waals surface area contributed by atoms with Crippen LogP contribution in [0.5, 0.6) is 0 Å². The molecule has 7 nitrogen and oxygen atoms in total. The largest absolute Gasteiger partial charge is 0.478 e. The molecule has 3 atom stereocenters. The molecule has 34 heavy (non-hydrogen) atoms. The summed E-state index contributed by atoms with van der Waals surface area (Å²) in [4.78, 5) is 35.5. The van der Waals surface area contributed by atoms with Crippen molar-refractivity contribution < 1.29 is 34.1 Å². The number of carboxylic acid groups (broad SMARTS) is 1. The summed E-state index contributed by atoms with van der Waals surface area (Å²) in [5, 5.41) is 18.8. The van der Waals surface area contributed by atoms with Crippen LogP contribution in [0.1, 0.15) is 131 Å². The summed E-state index contributed by atoms with van der Waals surface area (Å²) in [5.74, 6) is -1.97. The highest BCUT2D eigenvalue weighted by Gasteiger charge is 2.40. The van der Waals surface area contributed by atoms with Crippen molar-refractivity contribution in [2.75, 3.05) is 0 Å². The molecule has 0 spiro atoms. The molecule has 0 aliphatic carbocycles. The lowest BCUT2D eigenvalue weighted by Crippen LogP contribution is -2.45. The number of carboxylic acids is 1. The van der Waals surface area contributed by atoms with E-state index in [0.29, 0.717) is 6.42 Å². The maximum atomic E-state index is 12.1. The number of aliphatic carboxylic acids is 1. The first-order chi connectivity index (χ1) is 16.0. The number of carbonyl (C=O) groups is 3. The van der Waals surface area contributed by atoms with Crippen LogP contribution >= 0.6 is 0 Å². The third-order valence-electron chi connectivity index (χ3n) is 6.02. The van der Waals surface area contributed by atoms with Crippen molar-refractivity contribution in [3.05, 3.63) is 0 Å². The van der Waals surface area contributed by atoms with E-state index < -0.39 is 35.7 Å². The van der Waals surface area contributed by atoms with E-state index in [4.69, 9.17) is 9.47 Å². The first-order valence-electron chi connectivity index (χ1n) is 13.3. The van der Waals surface area contributed by atoms with Gasteiger partial charge in [0.2, 0.25) is 5.60 Å². The van der Waals surface area contributed by atoms with Crippen LogP contribution < -0.4 is 0 Å². The van der Waals surface area contributed by atoms with E-state index >= 15 is 0 Å². The number of aliphatic hydroxyl groups excluding tert-OH is 1. The van der Waals surface area contributed by atoms with Gasteiger partial charge < -0.3 is 19.7 Å². The maximum Gasteiger partial charge on any atom is 0.348 e. The molecule has 0 amide bonds. The summed E-state index contributed by atoms with van der Waals surface area (Å²) in [5.41, 5.74) is -1.88. The van der Waals surface area contributed by atoms with Crippen molar-refractivity contribution in [2.24, 2.45) is 5.92 Å². The van der Waals surface area contributed by atoms with E-state index in [1.54, 1.807) is 0 Å². The fraction of sp³-hybridized carbons (Fsp3) is 0.889. The predicted molar refractivity (Wildman–Crippen MR) is 133 cm³/mol. The Balaban J connectivity index is 3.79. The van der Waals surface area contributed by atoms with Gasteiger partial charge in [0.05, 0.1) is 6.10 Å². The second-order valence-electron chi connectivity index (χ2n) is 10.3. The molecule has 0 fully saturated rings. The maximum absolute atomic E-state index is 12.1. The van der Waals surface area contributed by atoms with Crippen molar-refractivity contribution in [1.82, 2.24) is 0 Å². The minimum Gasteiger partial charge on any atom is -0.478 e. The number of unbranched alkanes of at least 4 members (excludes halogenated alkanes) is 11. The molecule has 3 unspecified atom stereocenters. The highest BCUT2D eigenvalue weighted by atomic mass is 16.6. The number of hydrogen-bond acceptors (Lipinski definition) is 6. The molecule has 0 radical (unpaired) electrons. The first-order valence-corrected chi connectivity index (χ1v) is 13.3. The zero-order chi connectivity index (χ0) is 26.0. The Morgan fingerprint density at radius 3 is 1.62 bits per heavy atom. The third-order valence-corrected chi connectivity index (χ3v) is 6.02. The molecule has 0 heterocycles. The van der Waals surface area contributed by atoms with Crippen LogP contribution in [-0.4, -0.2) is 45.9 Å². The fourth-order valence-corrected chi connectivity index (χ4v) is 3.94. The minimum atomic E-state index is -1.88. The minimum absolute atomic E-state index is 0.221. The Labute approximate surface area is 207 Å². The summed E-state index contributed by atoms with van der Waals surface area (Å²) >= 11 is 0. The van der Waals surface area contributed by atoms with Crippen molar-refractivity contribution >= 4 is 17.9 Å². The Morgan fingerprint density at radius 2 is 1.21 bits per heavy atom. The number of rotatable bonds is 21. The van der Waals surface area contributed by atoms with Crippen molar-refractivity contribution in [2.45, 2.75) is 149 Å². The standard InChI is InChI=1S/C27H50O7/c1-21(2)18-16-14-12-10-8-6-7-9-11-13-15-17-19-24(29)33-23(4)25(30)34-27(5,26(31)32)20-22(3)28/h21-23,28H,6-20H2,1-5H3,(H,31,32). The highest BCUT2D eigenvalue weighted by molar-refractivity contribution is 5.84. The SMILES string of the molecule is CC(C)CCCCCCCCCCCCCCC(=O)OC(C)C(=O)OC(C)(CC(C)O)C(=O)O. The zero-order valence-electron chi connectivity index (χ0n) is 22.3. The second-order valence-corrected chi connectivity index (χ2v) is 10.3. The van der Waals surface area contributed by atoms with Gasteiger partial charge in [0.15, 0.2) is 6.10 Å². The number of aliphatic hydroxyl groups is 1. The molecule has 0 saturated heterocycles. The third kappa shape index (κ3) is 16.9. The molecule has 0 saturated carbocycles. The molecule has 7 heteroatoms. The molecule has 2 N–H and O–H groups in total. The lowest BCUT2D eigenvalue weighted by atomic mass is 9.99. The number of carbonyl (C=O) groups excluding carboxylic acids is 2. The predicted octanol–water partition coefficient (Wildman–Crippen LogP) is 6.19. The van der Waals surface area contributed by atoms with E-state index in [9.17, 15) is 24.6 Å². The van der Waals surface area contributed by atoms with Crippen molar-refractivity contribution in [1.29, 1.82) is 0 Å². The molecule has 0 aromatic carbocycles. The Morgan fingerprint density at radius 1 is 0.765 bits per heavy atom. The van der Waals surface area contributed by atoms with Gasteiger partial charge in [0, 0.05) is 12.8 Å². The lowest BCUT2D eigenvalue weighted by Gasteiger charge is -2.27. The van der Waals surface area contributed by atoms with Crippen molar-refractivity contribution in [3.8, 4) is 0 Å². The Hall–Kier alpha value is -1.63. The second kappa shape index (κ2) is 18.7. The molecule has 0 aliphatic rings. The van der Waals surface area contributed by atoms with Crippen LogP contribution in [0.4, 0.5) is 0 Å². The normalized spacial score (nSPS) is 14.9. The van der Waals surface area contributed by atoms with Crippen molar-refractivity contribution in [3.63, 3.8) is 0 Å². The first kappa shape index (κ1) is 32.4. The van der Waals surface area contributed by atoms with E-state index in [1.165, 1.54) is 85.0 Å². The van der Waals surface area contributed by atoms with Crippen LogP contribution in [0.25, 0.3) is 0 Å². The van der Waals surface area contributed by atoms with Crippen LogP contribution in [0.15, 0.2) is 0 Å². The van der Waals surface area contributed by atoms with Gasteiger partial charge in [-0.25, -0.2) is 9.59 Å². The molecule has 0 aliphatic heterocycles. The lowest BCUT2D eigenvalue weighted by molar-refractivity contribution is -0.188. The van der Waals surface area contributed by atoms with Gasteiger partial charge in [0.1, 0.15) is 0 Å². The topological polar surface area (TPSA) is 110 Å². The van der Waals surface area contributed by atoms with Crippen LogP contribution in [-0.2, 0) is 23.9 Å². The Kier molecular flexibility index (Phi) is 17.8. The number of ether oxygens (including phenoxy) is 2. The summed E-state index contributed by atoms with van der Waals surface area (Å²) in [6, 6.07) is 0. The van der Waals surface area contributed by atoms with Gasteiger partial charge >= 0.3 is 17.9 Å². The molecular weight excluding hydrogens is 436 g/mol. The average Bonchev–Trinajstić information content (AvgIpc) is 2.72. The molecule has 0 bridgehead atoms. The summed E-state index contributed by atoms with van der Waals surface area (Å²) in [6.45, 7) is 8.55. The zero-order valence-corrected chi connectivity index (χ0v) is 22.3. The van der Waals surface area contributed by atoms with Gasteiger partial charge in [-0.15, -0.1) is 0 Å². The van der Waals surface area contributed by atoms with E-state index in [0.717, 1.165) is 18.8 Å². The molecule has 0 rings (SSSR count). The number of hydrogen-bond donors (Lipinski definition) is 2. The fourth-order valence-electron chi connectivity index (χ4n) is 3.94. The van der Waals surface area contributed by atoms with E-state index in [2.05, 4.69) is 13.8 Å². The molecule has 200 valence electrons. The van der Waals surface area contributed by atoms with Crippen LogP contribution in [0.3, 0.4) is 0 Å². The molecule has 0 aromatic heterocycles. The van der Waals surface area contributed by atoms with Gasteiger partial charge in [0.25, 0.3) is 0 Å². The summed E-state index contributed by atoms with van der Waals surface area (Å²) < 4.78 is 10.1. The average molecular weight is 487 g/mol.